The number of hydrogen-bond acceptors (Lipinski definition) is 6. The number of carbonyl (C=O) groups is 1. The summed E-state index contributed by atoms with van der Waals surface area (Å²) in [4.78, 5) is 30.8. The van der Waals surface area contributed by atoms with Gasteiger partial charge in [-0.05, 0) is 80.1 Å². The molecule has 4 aromatic rings. The molecule has 1 amide bonds. The Bertz CT molecular complexity index is 1550. The Kier molecular flexibility index (Phi) is 7.47. The van der Waals surface area contributed by atoms with Crippen molar-refractivity contribution in [3.05, 3.63) is 98.4 Å². The van der Waals surface area contributed by atoms with Crippen molar-refractivity contribution in [2.45, 2.75) is 13.8 Å². The summed E-state index contributed by atoms with van der Waals surface area (Å²) >= 11 is 3.37. The molecule has 1 N–H and O–H groups in total. The minimum atomic E-state index is -0.676. The van der Waals surface area contributed by atoms with Crippen LogP contribution in [0.5, 0.6) is 17.4 Å². The average molecular weight is 545 g/mol. The first kappa shape index (κ1) is 24.7. The first-order valence-corrected chi connectivity index (χ1v) is 11.8. The van der Waals surface area contributed by atoms with Gasteiger partial charge in [0.15, 0.2) is 0 Å². The van der Waals surface area contributed by atoms with Crippen molar-refractivity contribution in [1.29, 1.82) is 5.26 Å². The number of benzene rings is 2. The highest BCUT2D eigenvalue weighted by molar-refractivity contribution is 9.10. The maximum atomic E-state index is 13.4. The quantitative estimate of drug-likeness (QED) is 0.243. The summed E-state index contributed by atoms with van der Waals surface area (Å²) in [5.41, 5.74) is 0.858. The Labute approximate surface area is 215 Å². The second-order valence-electron chi connectivity index (χ2n) is 7.66. The topological polar surface area (TPSA) is 106 Å². The van der Waals surface area contributed by atoms with Crippen molar-refractivity contribution in [3.63, 3.8) is 0 Å². The van der Waals surface area contributed by atoms with Crippen molar-refractivity contribution in [2.24, 2.45) is 0 Å². The third-order valence-electron chi connectivity index (χ3n) is 5.15. The number of nitrogens with zero attached hydrogens (tertiary/aromatic N) is 3. The van der Waals surface area contributed by atoms with Crippen LogP contribution in [-0.4, -0.2) is 21.9 Å². The molecule has 0 saturated carbocycles. The van der Waals surface area contributed by atoms with E-state index in [2.05, 4.69) is 26.2 Å². The molecular weight excluding hydrogens is 524 g/mol. The van der Waals surface area contributed by atoms with E-state index in [4.69, 9.17) is 9.47 Å². The highest BCUT2D eigenvalue weighted by atomic mass is 79.9. The van der Waals surface area contributed by atoms with Crippen LogP contribution in [0.1, 0.15) is 18.1 Å². The van der Waals surface area contributed by atoms with E-state index in [1.807, 2.05) is 26.0 Å². The number of halogens is 1. The lowest BCUT2D eigenvalue weighted by atomic mass is 10.1. The second-order valence-corrected chi connectivity index (χ2v) is 8.57. The predicted molar refractivity (Wildman–Crippen MR) is 140 cm³/mol. The number of rotatable bonds is 7. The minimum absolute atomic E-state index is 0.0155. The van der Waals surface area contributed by atoms with Crippen LogP contribution < -0.4 is 20.3 Å². The van der Waals surface area contributed by atoms with E-state index < -0.39 is 11.5 Å². The Balaban J connectivity index is 1.76. The second kappa shape index (κ2) is 10.9. The maximum absolute atomic E-state index is 13.4. The molecule has 8 nitrogen and oxygen atoms in total. The van der Waals surface area contributed by atoms with Gasteiger partial charge < -0.3 is 14.8 Å². The molecule has 0 atom stereocenters. The number of aromatic nitrogens is 2. The van der Waals surface area contributed by atoms with Gasteiger partial charge in [-0.15, -0.1) is 0 Å². The zero-order valence-corrected chi connectivity index (χ0v) is 21.1. The van der Waals surface area contributed by atoms with Crippen LogP contribution in [0.2, 0.25) is 0 Å². The van der Waals surface area contributed by atoms with Gasteiger partial charge in [0.2, 0.25) is 5.88 Å². The molecule has 0 radical (unpaired) electrons. The van der Waals surface area contributed by atoms with Gasteiger partial charge in [0.05, 0.1) is 6.61 Å². The molecule has 9 heteroatoms. The molecule has 0 saturated heterocycles. The Hall–Kier alpha value is -4.42. The van der Waals surface area contributed by atoms with Crippen LogP contribution in [0.15, 0.2) is 81.7 Å². The summed E-state index contributed by atoms with van der Waals surface area (Å²) in [6, 6.07) is 19.2. The number of aryl methyl sites for hydroxylation is 1. The normalized spacial score (nSPS) is 11.1. The lowest BCUT2D eigenvalue weighted by molar-refractivity contribution is -0.112. The van der Waals surface area contributed by atoms with Crippen molar-refractivity contribution >= 4 is 39.2 Å². The molecule has 0 aliphatic rings. The molecule has 2 heterocycles. The summed E-state index contributed by atoms with van der Waals surface area (Å²) < 4.78 is 13.6. The molecule has 0 bridgehead atoms. The van der Waals surface area contributed by atoms with Gasteiger partial charge in [0.25, 0.3) is 11.5 Å². The van der Waals surface area contributed by atoms with Crippen molar-refractivity contribution < 1.29 is 14.3 Å². The van der Waals surface area contributed by atoms with Crippen LogP contribution in [0.25, 0.3) is 11.7 Å². The van der Waals surface area contributed by atoms with Crippen LogP contribution in [0.4, 0.5) is 5.69 Å². The van der Waals surface area contributed by atoms with E-state index in [1.54, 1.807) is 60.8 Å². The zero-order chi connectivity index (χ0) is 25.7. The first-order valence-electron chi connectivity index (χ1n) is 11.0. The average Bonchev–Trinajstić information content (AvgIpc) is 2.87. The number of anilines is 1. The molecule has 0 aliphatic carbocycles. The Morgan fingerprint density at radius 2 is 1.83 bits per heavy atom. The lowest BCUT2D eigenvalue weighted by Gasteiger charge is -2.12. The molecule has 2 aromatic carbocycles. The van der Waals surface area contributed by atoms with Gasteiger partial charge in [-0.2, -0.15) is 10.2 Å². The van der Waals surface area contributed by atoms with Gasteiger partial charge in [-0.25, -0.2) is 0 Å². The van der Waals surface area contributed by atoms with E-state index >= 15 is 0 Å². The van der Waals surface area contributed by atoms with Gasteiger partial charge in [0, 0.05) is 16.4 Å². The monoisotopic (exact) mass is 544 g/mol. The van der Waals surface area contributed by atoms with E-state index in [-0.39, 0.29) is 17.0 Å². The van der Waals surface area contributed by atoms with E-state index in [0.29, 0.717) is 29.4 Å². The molecule has 0 aliphatic heterocycles. The fraction of sp³-hybridized carbons (Fsp3) is 0.111. The van der Waals surface area contributed by atoms with Crippen molar-refractivity contribution in [3.8, 4) is 23.4 Å². The number of fused-ring (bicyclic) bond motifs is 1. The lowest BCUT2D eigenvalue weighted by Crippen LogP contribution is -2.20. The van der Waals surface area contributed by atoms with E-state index in [1.165, 1.54) is 10.5 Å². The van der Waals surface area contributed by atoms with Crippen molar-refractivity contribution in [1.82, 2.24) is 9.38 Å². The van der Waals surface area contributed by atoms with Crippen LogP contribution in [0.3, 0.4) is 0 Å². The highest BCUT2D eigenvalue weighted by Crippen LogP contribution is 2.26. The van der Waals surface area contributed by atoms with E-state index in [0.717, 1.165) is 10.0 Å². The van der Waals surface area contributed by atoms with E-state index in [9.17, 15) is 14.9 Å². The molecule has 36 heavy (non-hydrogen) atoms. The highest BCUT2D eigenvalue weighted by Gasteiger charge is 2.18. The van der Waals surface area contributed by atoms with Gasteiger partial charge in [0.1, 0.15) is 34.4 Å². The molecular formula is C27H21BrN4O4. The standard InChI is InChI=1S/C27H21BrN4O4/c1-3-35-21-12-8-20(9-13-21)30-25(33)18(16-29)15-23-26(36-22-10-6-19(28)7-11-22)31-24-17(2)5-4-14-32(24)27(23)34/h4-15H,3H2,1-2H3,(H,30,33)/b18-15+. The number of nitrogens with one attached hydrogen (secondary N) is 1. The number of nitriles is 1. The molecule has 0 fully saturated rings. The fourth-order valence-corrected chi connectivity index (χ4v) is 3.66. The minimum Gasteiger partial charge on any atom is -0.494 e. The van der Waals surface area contributed by atoms with Crippen LogP contribution in [-0.2, 0) is 4.79 Å². The van der Waals surface area contributed by atoms with Gasteiger partial charge in [-0.1, -0.05) is 22.0 Å². The van der Waals surface area contributed by atoms with Crippen molar-refractivity contribution in [2.75, 3.05) is 11.9 Å². The largest absolute Gasteiger partial charge is 0.494 e. The van der Waals surface area contributed by atoms with Gasteiger partial charge >= 0.3 is 0 Å². The summed E-state index contributed by atoms with van der Waals surface area (Å²) in [6.07, 6.45) is 2.77. The number of ether oxygens (including phenoxy) is 2. The fourth-order valence-electron chi connectivity index (χ4n) is 3.40. The number of pyridine rings is 1. The number of hydrogen-bond donors (Lipinski definition) is 1. The number of carbonyl (C=O) groups excluding carboxylic acids is 1. The summed E-state index contributed by atoms with van der Waals surface area (Å²) in [6.45, 7) is 4.22. The summed E-state index contributed by atoms with van der Waals surface area (Å²) in [5, 5.41) is 12.4. The third kappa shape index (κ3) is 5.45. The summed E-state index contributed by atoms with van der Waals surface area (Å²) in [5.74, 6) is 0.407. The molecule has 0 unspecified atom stereocenters. The summed E-state index contributed by atoms with van der Waals surface area (Å²) in [7, 11) is 0. The predicted octanol–water partition coefficient (Wildman–Crippen LogP) is 5.50. The Morgan fingerprint density at radius 1 is 1.14 bits per heavy atom. The smallest absolute Gasteiger partial charge is 0.269 e. The molecule has 2 aromatic heterocycles. The SMILES string of the molecule is CCOc1ccc(NC(=O)/C(C#N)=C/c2c(Oc3ccc(Br)cc3)nc3c(C)cccn3c2=O)cc1. The van der Waals surface area contributed by atoms with Crippen LogP contribution >= 0.6 is 15.9 Å². The molecule has 0 spiro atoms. The first-order chi connectivity index (χ1) is 17.4. The number of amides is 1. The molecule has 4 rings (SSSR count). The van der Waals surface area contributed by atoms with Crippen LogP contribution in [0, 0.1) is 18.3 Å². The molecule has 180 valence electrons. The third-order valence-corrected chi connectivity index (χ3v) is 5.68. The maximum Gasteiger partial charge on any atom is 0.269 e. The zero-order valence-electron chi connectivity index (χ0n) is 19.5. The Morgan fingerprint density at radius 3 is 2.50 bits per heavy atom. The van der Waals surface area contributed by atoms with Gasteiger partial charge in [-0.3, -0.25) is 14.0 Å².